The van der Waals surface area contributed by atoms with Crippen LogP contribution in [0.25, 0.3) is 0 Å². The van der Waals surface area contributed by atoms with Crippen molar-refractivity contribution in [1.29, 1.82) is 0 Å². The molecule has 1 aliphatic heterocycles. The molecule has 0 saturated carbocycles. The van der Waals surface area contributed by atoms with E-state index >= 15 is 0 Å². The van der Waals surface area contributed by atoms with Crippen molar-refractivity contribution in [2.24, 2.45) is 5.14 Å². The fraction of sp³-hybridized carbons (Fsp3) is 0.316. The fourth-order valence-corrected chi connectivity index (χ4v) is 3.95. The summed E-state index contributed by atoms with van der Waals surface area (Å²) in [6, 6.07) is 11.4. The molecule has 9 nitrogen and oxygen atoms in total. The normalized spacial score (nSPS) is 19.8. The molecule has 0 radical (unpaired) electrons. The van der Waals surface area contributed by atoms with Crippen molar-refractivity contribution in [1.82, 2.24) is 4.90 Å². The first kappa shape index (κ1) is 20.9. The number of nitro benzene ring substituents is 1. The molecule has 1 fully saturated rings. The lowest BCUT2D eigenvalue weighted by molar-refractivity contribution is -0.385. The molecule has 0 bridgehead atoms. The minimum atomic E-state index is -4.23. The molecule has 0 aliphatic carbocycles. The Morgan fingerprint density at radius 2 is 1.90 bits per heavy atom. The highest BCUT2D eigenvalue weighted by Crippen LogP contribution is 2.30. The molecule has 10 heteroatoms. The van der Waals surface area contributed by atoms with Gasteiger partial charge in [-0.15, -0.1) is 0 Å². The summed E-state index contributed by atoms with van der Waals surface area (Å²) in [7, 11) is -4.23. The Hall–Kier alpha value is -2.82. The molecule has 1 heterocycles. The number of morpholine rings is 1. The van der Waals surface area contributed by atoms with Gasteiger partial charge < -0.3 is 9.64 Å². The minimum absolute atomic E-state index is 0.0656. The van der Waals surface area contributed by atoms with E-state index in [9.17, 15) is 23.3 Å². The van der Waals surface area contributed by atoms with Gasteiger partial charge in [0.15, 0.2) is 0 Å². The zero-order valence-corrected chi connectivity index (χ0v) is 16.8. The molecule has 2 atom stereocenters. The predicted octanol–water partition coefficient (Wildman–Crippen LogP) is 2.15. The van der Waals surface area contributed by atoms with E-state index in [-0.39, 0.29) is 36.4 Å². The van der Waals surface area contributed by atoms with Crippen molar-refractivity contribution in [3.63, 3.8) is 0 Å². The van der Waals surface area contributed by atoms with Gasteiger partial charge in [0.05, 0.1) is 28.0 Å². The van der Waals surface area contributed by atoms with Crippen LogP contribution in [0.1, 0.15) is 34.5 Å². The van der Waals surface area contributed by atoms with Gasteiger partial charge in [-0.1, -0.05) is 30.3 Å². The van der Waals surface area contributed by atoms with Crippen molar-refractivity contribution >= 4 is 21.6 Å². The largest absolute Gasteiger partial charge is 0.367 e. The number of nitro groups is 1. The van der Waals surface area contributed by atoms with Gasteiger partial charge in [-0.05, 0) is 25.5 Å². The number of nitrogens with zero attached hydrogens (tertiary/aromatic N) is 2. The van der Waals surface area contributed by atoms with Crippen molar-refractivity contribution < 1.29 is 22.9 Å². The molecular formula is C19H21N3O6S. The van der Waals surface area contributed by atoms with Crippen LogP contribution in [-0.2, 0) is 14.8 Å². The standard InChI is InChI=1S/C19H21N3O6S/c1-12-10-21(11-18(28-12)14-6-4-3-5-7-14)19(23)16-8-15(29(20,26)27)9-17(13(16)2)22(24)25/h3-9,12,18H,10-11H2,1-2H3,(H2,20,26,27)/t12-,18-/m0/s1. The Balaban J connectivity index is 2.01. The van der Waals surface area contributed by atoms with Crippen LogP contribution in [0.2, 0.25) is 0 Å². The number of hydrogen-bond acceptors (Lipinski definition) is 6. The summed E-state index contributed by atoms with van der Waals surface area (Å²) >= 11 is 0. The molecule has 1 saturated heterocycles. The number of hydrogen-bond donors (Lipinski definition) is 1. The number of ether oxygens (including phenoxy) is 1. The summed E-state index contributed by atoms with van der Waals surface area (Å²) in [4.78, 5) is 24.9. The van der Waals surface area contributed by atoms with Crippen molar-refractivity contribution in [3.8, 4) is 0 Å². The van der Waals surface area contributed by atoms with Gasteiger partial charge in [0, 0.05) is 18.2 Å². The second-order valence-corrected chi connectivity index (χ2v) is 8.53. The Morgan fingerprint density at radius 3 is 2.48 bits per heavy atom. The van der Waals surface area contributed by atoms with Crippen LogP contribution in [0, 0.1) is 17.0 Å². The molecule has 0 spiro atoms. The van der Waals surface area contributed by atoms with E-state index in [2.05, 4.69) is 0 Å². The Labute approximate surface area is 168 Å². The molecule has 3 rings (SSSR count). The van der Waals surface area contributed by atoms with Gasteiger partial charge in [0.2, 0.25) is 10.0 Å². The molecule has 2 N–H and O–H groups in total. The highest BCUT2D eigenvalue weighted by atomic mass is 32.2. The number of amides is 1. The van der Waals surface area contributed by atoms with E-state index in [4.69, 9.17) is 9.88 Å². The van der Waals surface area contributed by atoms with Gasteiger partial charge in [-0.2, -0.15) is 0 Å². The van der Waals surface area contributed by atoms with Crippen LogP contribution < -0.4 is 5.14 Å². The third-order valence-corrected chi connectivity index (χ3v) is 5.72. The zero-order chi connectivity index (χ0) is 21.3. The van der Waals surface area contributed by atoms with E-state index < -0.39 is 31.4 Å². The molecule has 1 amide bonds. The lowest BCUT2D eigenvalue weighted by atomic mass is 10.0. The average molecular weight is 419 g/mol. The summed E-state index contributed by atoms with van der Waals surface area (Å²) < 4.78 is 29.5. The maximum Gasteiger partial charge on any atom is 0.274 e. The number of sulfonamides is 1. The molecular weight excluding hydrogens is 398 g/mol. The smallest absolute Gasteiger partial charge is 0.274 e. The number of nitrogens with two attached hydrogens (primary N) is 1. The van der Waals surface area contributed by atoms with E-state index in [1.54, 1.807) is 0 Å². The van der Waals surface area contributed by atoms with Gasteiger partial charge in [-0.3, -0.25) is 14.9 Å². The van der Waals surface area contributed by atoms with E-state index in [0.717, 1.165) is 17.7 Å². The number of rotatable bonds is 4. The first-order valence-corrected chi connectivity index (χ1v) is 10.4. The van der Waals surface area contributed by atoms with Crippen LogP contribution in [-0.4, -0.2) is 43.3 Å². The average Bonchev–Trinajstić information content (AvgIpc) is 2.66. The highest BCUT2D eigenvalue weighted by molar-refractivity contribution is 7.89. The summed E-state index contributed by atoms with van der Waals surface area (Å²) in [6.07, 6.45) is -0.629. The topological polar surface area (TPSA) is 133 Å². The monoisotopic (exact) mass is 419 g/mol. The van der Waals surface area contributed by atoms with E-state index in [0.29, 0.717) is 0 Å². The van der Waals surface area contributed by atoms with E-state index in [1.165, 1.54) is 11.8 Å². The third-order valence-electron chi connectivity index (χ3n) is 4.83. The first-order valence-electron chi connectivity index (χ1n) is 8.89. The second-order valence-electron chi connectivity index (χ2n) is 6.97. The number of primary sulfonamides is 1. The Bertz CT molecular complexity index is 1060. The lowest BCUT2D eigenvalue weighted by Crippen LogP contribution is -2.46. The fourth-order valence-electron chi connectivity index (χ4n) is 3.39. The van der Waals surface area contributed by atoms with Gasteiger partial charge in [0.25, 0.3) is 11.6 Å². The van der Waals surface area contributed by atoms with E-state index in [1.807, 2.05) is 37.3 Å². The molecule has 1 aliphatic rings. The van der Waals surface area contributed by atoms with Gasteiger partial charge in [0.1, 0.15) is 6.10 Å². The van der Waals surface area contributed by atoms with Crippen molar-refractivity contribution in [2.45, 2.75) is 31.0 Å². The highest BCUT2D eigenvalue weighted by Gasteiger charge is 2.32. The first-order chi connectivity index (χ1) is 13.6. The SMILES string of the molecule is Cc1c(C(=O)N2C[C@@H](c3ccccc3)O[C@@H](C)C2)cc(S(N)(=O)=O)cc1[N+](=O)[O-]. The zero-order valence-electron chi connectivity index (χ0n) is 15.9. The number of benzene rings is 2. The van der Waals surface area contributed by atoms with Crippen LogP contribution in [0.4, 0.5) is 5.69 Å². The van der Waals surface area contributed by atoms with Crippen molar-refractivity contribution in [2.75, 3.05) is 13.1 Å². The van der Waals surface area contributed by atoms with Gasteiger partial charge >= 0.3 is 0 Å². The summed E-state index contributed by atoms with van der Waals surface area (Å²) in [6.45, 7) is 3.75. The van der Waals surface area contributed by atoms with Crippen LogP contribution in [0.15, 0.2) is 47.4 Å². The maximum atomic E-state index is 13.2. The predicted molar refractivity (Wildman–Crippen MR) is 105 cm³/mol. The second kappa shape index (κ2) is 7.90. The summed E-state index contributed by atoms with van der Waals surface area (Å²) in [5, 5.41) is 16.5. The number of carbonyl (C=O) groups is 1. The number of carbonyl (C=O) groups excluding carboxylic acids is 1. The lowest BCUT2D eigenvalue weighted by Gasteiger charge is -2.37. The molecule has 29 heavy (non-hydrogen) atoms. The third kappa shape index (κ3) is 4.44. The minimum Gasteiger partial charge on any atom is -0.367 e. The van der Waals surface area contributed by atoms with Gasteiger partial charge in [-0.25, -0.2) is 13.6 Å². The summed E-state index contributed by atoms with van der Waals surface area (Å²) in [5.41, 5.74) is 0.450. The molecule has 0 unspecified atom stereocenters. The Morgan fingerprint density at radius 1 is 1.24 bits per heavy atom. The Kier molecular flexibility index (Phi) is 5.69. The van der Waals surface area contributed by atoms with Crippen LogP contribution in [0.3, 0.4) is 0 Å². The van der Waals surface area contributed by atoms with Crippen LogP contribution >= 0.6 is 0 Å². The maximum absolute atomic E-state index is 13.2. The molecule has 2 aromatic carbocycles. The quantitative estimate of drug-likeness (QED) is 0.596. The molecule has 0 aromatic heterocycles. The van der Waals surface area contributed by atoms with Crippen molar-refractivity contribution in [3.05, 3.63) is 69.3 Å². The summed E-state index contributed by atoms with van der Waals surface area (Å²) in [5.74, 6) is -0.507. The van der Waals surface area contributed by atoms with Crippen LogP contribution in [0.5, 0.6) is 0 Å². The molecule has 154 valence electrons. The molecule has 2 aromatic rings.